The summed E-state index contributed by atoms with van der Waals surface area (Å²) < 4.78 is 5.29. The number of nitrogens with one attached hydrogen (secondary N) is 2. The number of carbonyl (C=O) groups excluding carboxylic acids is 1. The fourth-order valence-corrected chi connectivity index (χ4v) is 3.27. The average molecular weight is 369 g/mol. The van der Waals surface area contributed by atoms with Crippen molar-refractivity contribution in [2.45, 2.75) is 18.9 Å². The Bertz CT molecular complexity index is 708. The van der Waals surface area contributed by atoms with Gasteiger partial charge < -0.3 is 15.8 Å². The smallest absolute Gasteiger partial charge is 0.242 e. The molecule has 128 valence electrons. The van der Waals surface area contributed by atoms with Crippen molar-refractivity contribution in [3.05, 3.63) is 34.3 Å². The second kappa shape index (κ2) is 7.53. The quantitative estimate of drug-likeness (QED) is 0.772. The maximum atomic E-state index is 12.3. The Balaban J connectivity index is 1.68. The number of rotatable bonds is 4. The molecule has 2 aromatic rings. The first-order valence-electron chi connectivity index (χ1n) is 7.69. The minimum Gasteiger partial charge on any atom is -0.381 e. The summed E-state index contributed by atoms with van der Waals surface area (Å²) in [6.07, 6.45) is 1.59. The molecular weight excluding hydrogens is 351 g/mol. The summed E-state index contributed by atoms with van der Waals surface area (Å²) in [5, 5.41) is 10.8. The Hall–Kier alpha value is -1.60. The maximum Gasteiger partial charge on any atom is 0.242 e. The second-order valence-corrected chi connectivity index (χ2v) is 6.66. The van der Waals surface area contributed by atoms with E-state index < -0.39 is 6.04 Å². The number of halogens is 2. The van der Waals surface area contributed by atoms with Crippen molar-refractivity contribution in [3.63, 3.8) is 0 Å². The largest absolute Gasteiger partial charge is 0.381 e. The number of hydrogen-bond donors (Lipinski definition) is 3. The van der Waals surface area contributed by atoms with E-state index in [1.165, 1.54) is 0 Å². The number of aromatic nitrogens is 2. The van der Waals surface area contributed by atoms with Gasteiger partial charge in [-0.15, -0.1) is 0 Å². The highest BCUT2D eigenvalue weighted by Gasteiger charge is 2.27. The summed E-state index contributed by atoms with van der Waals surface area (Å²) in [4.78, 5) is 12.3. The van der Waals surface area contributed by atoms with Crippen LogP contribution in [-0.4, -0.2) is 35.4 Å². The molecule has 0 spiro atoms. The van der Waals surface area contributed by atoms with E-state index in [1.54, 1.807) is 24.3 Å². The summed E-state index contributed by atoms with van der Waals surface area (Å²) in [7, 11) is 0. The van der Waals surface area contributed by atoms with Gasteiger partial charge in [0.15, 0.2) is 5.82 Å². The van der Waals surface area contributed by atoms with Gasteiger partial charge in [-0.3, -0.25) is 9.89 Å². The maximum absolute atomic E-state index is 12.3. The molecule has 1 atom stereocenters. The fourth-order valence-electron chi connectivity index (χ4n) is 2.74. The lowest BCUT2D eigenvalue weighted by Gasteiger charge is -2.26. The van der Waals surface area contributed by atoms with E-state index in [4.69, 9.17) is 33.7 Å². The molecule has 8 heteroatoms. The van der Waals surface area contributed by atoms with Crippen molar-refractivity contribution in [1.29, 1.82) is 0 Å². The second-order valence-electron chi connectivity index (χ2n) is 5.79. The number of nitrogens with two attached hydrogens (primary N) is 1. The van der Waals surface area contributed by atoms with Crippen LogP contribution < -0.4 is 11.1 Å². The molecule has 0 radical (unpaired) electrons. The highest BCUT2D eigenvalue weighted by atomic mass is 35.5. The zero-order valence-corrected chi connectivity index (χ0v) is 14.4. The molecule has 2 heterocycles. The predicted octanol–water partition coefficient (Wildman–Crippen LogP) is 3.08. The fraction of sp³-hybridized carbons (Fsp3) is 0.375. The standard InChI is InChI=1S/C16H18Cl2N4O2/c17-11-5-10(6-12(18)7-11)13-8-14(22-21-13)20-16(23)15(19)9-1-3-24-4-2-9/h5-9,15H,1-4,19H2,(H2,20,21,22,23). The summed E-state index contributed by atoms with van der Waals surface area (Å²) >= 11 is 12.0. The third-order valence-corrected chi connectivity index (χ3v) is 4.52. The van der Waals surface area contributed by atoms with E-state index >= 15 is 0 Å². The molecule has 0 bridgehead atoms. The average Bonchev–Trinajstić information content (AvgIpc) is 3.02. The van der Waals surface area contributed by atoms with Crippen molar-refractivity contribution in [3.8, 4) is 11.3 Å². The number of carbonyl (C=O) groups is 1. The lowest BCUT2D eigenvalue weighted by atomic mass is 9.92. The number of amides is 1. The molecule has 1 aromatic heterocycles. The number of nitrogens with zero attached hydrogens (tertiary/aromatic N) is 1. The Kier molecular flexibility index (Phi) is 5.40. The highest BCUT2D eigenvalue weighted by Crippen LogP contribution is 2.27. The third-order valence-electron chi connectivity index (χ3n) is 4.08. The number of benzene rings is 1. The molecule has 0 saturated carbocycles. The van der Waals surface area contributed by atoms with Crippen molar-refractivity contribution in [2.24, 2.45) is 11.7 Å². The normalized spacial score (nSPS) is 16.8. The molecule has 3 rings (SSSR count). The van der Waals surface area contributed by atoms with Crippen LogP contribution >= 0.6 is 23.2 Å². The zero-order chi connectivity index (χ0) is 17.1. The molecule has 1 aromatic carbocycles. The van der Waals surface area contributed by atoms with Crippen LogP contribution in [0.1, 0.15) is 12.8 Å². The lowest BCUT2D eigenvalue weighted by Crippen LogP contribution is -2.44. The van der Waals surface area contributed by atoms with Gasteiger partial charge in [-0.2, -0.15) is 5.10 Å². The van der Waals surface area contributed by atoms with Crippen LogP contribution in [0.3, 0.4) is 0 Å². The van der Waals surface area contributed by atoms with E-state index in [0.717, 1.165) is 18.4 Å². The summed E-state index contributed by atoms with van der Waals surface area (Å²) in [6.45, 7) is 1.29. The zero-order valence-electron chi connectivity index (χ0n) is 12.9. The number of anilines is 1. The van der Waals surface area contributed by atoms with Gasteiger partial charge in [0.25, 0.3) is 0 Å². The molecule has 6 nitrogen and oxygen atoms in total. The number of hydrogen-bond acceptors (Lipinski definition) is 4. The minimum atomic E-state index is -0.574. The van der Waals surface area contributed by atoms with E-state index in [1.807, 2.05) is 0 Å². The molecule has 1 amide bonds. The third kappa shape index (κ3) is 4.08. The highest BCUT2D eigenvalue weighted by molar-refractivity contribution is 6.35. The number of H-pyrrole nitrogens is 1. The van der Waals surface area contributed by atoms with Crippen molar-refractivity contribution in [2.75, 3.05) is 18.5 Å². The summed E-state index contributed by atoms with van der Waals surface area (Å²) in [6, 6.07) is 6.32. The van der Waals surface area contributed by atoms with Crippen molar-refractivity contribution >= 4 is 34.9 Å². The van der Waals surface area contributed by atoms with Gasteiger partial charge in [0.1, 0.15) is 0 Å². The molecule has 24 heavy (non-hydrogen) atoms. The first-order valence-corrected chi connectivity index (χ1v) is 8.44. The molecule has 1 aliphatic heterocycles. The molecule has 0 aliphatic carbocycles. The Morgan fingerprint density at radius 3 is 2.58 bits per heavy atom. The SMILES string of the molecule is NC(C(=O)Nc1cc(-c2cc(Cl)cc(Cl)c2)[nH]n1)C1CCOCC1. The van der Waals surface area contributed by atoms with Crippen LogP contribution in [0.15, 0.2) is 24.3 Å². The Morgan fingerprint density at radius 2 is 1.92 bits per heavy atom. The van der Waals surface area contributed by atoms with Gasteiger partial charge in [-0.25, -0.2) is 0 Å². The van der Waals surface area contributed by atoms with Crippen LogP contribution in [-0.2, 0) is 9.53 Å². The van der Waals surface area contributed by atoms with E-state index in [-0.39, 0.29) is 11.8 Å². The first kappa shape index (κ1) is 17.2. The van der Waals surface area contributed by atoms with E-state index in [2.05, 4.69) is 15.5 Å². The topological polar surface area (TPSA) is 93.0 Å². The van der Waals surface area contributed by atoms with Gasteiger partial charge in [0.05, 0.1) is 11.7 Å². The molecule has 1 unspecified atom stereocenters. The van der Waals surface area contributed by atoms with Gasteiger partial charge >= 0.3 is 0 Å². The van der Waals surface area contributed by atoms with E-state index in [9.17, 15) is 4.79 Å². The predicted molar refractivity (Wildman–Crippen MR) is 94.2 cm³/mol. The van der Waals surface area contributed by atoms with Gasteiger partial charge in [-0.1, -0.05) is 23.2 Å². The number of aromatic amines is 1. The monoisotopic (exact) mass is 368 g/mol. The molecule has 1 aliphatic rings. The van der Waals surface area contributed by atoms with Gasteiger partial charge in [0, 0.05) is 34.9 Å². The molecular formula is C16H18Cl2N4O2. The van der Waals surface area contributed by atoms with E-state index in [0.29, 0.717) is 34.8 Å². The Morgan fingerprint density at radius 1 is 1.25 bits per heavy atom. The van der Waals surface area contributed by atoms with Crippen LogP contribution in [0.5, 0.6) is 0 Å². The summed E-state index contributed by atoms with van der Waals surface area (Å²) in [5.74, 6) is 0.293. The first-order chi connectivity index (χ1) is 11.5. The van der Waals surface area contributed by atoms with Crippen LogP contribution in [0.4, 0.5) is 5.82 Å². The van der Waals surface area contributed by atoms with Crippen LogP contribution in [0.25, 0.3) is 11.3 Å². The van der Waals surface area contributed by atoms with Crippen molar-refractivity contribution in [1.82, 2.24) is 10.2 Å². The van der Waals surface area contributed by atoms with Crippen LogP contribution in [0.2, 0.25) is 10.0 Å². The van der Waals surface area contributed by atoms with Crippen LogP contribution in [0, 0.1) is 5.92 Å². The van der Waals surface area contributed by atoms with Gasteiger partial charge in [0.2, 0.25) is 5.91 Å². The summed E-state index contributed by atoms with van der Waals surface area (Å²) in [5.41, 5.74) is 7.55. The van der Waals surface area contributed by atoms with Crippen molar-refractivity contribution < 1.29 is 9.53 Å². The molecule has 4 N–H and O–H groups in total. The minimum absolute atomic E-state index is 0.129. The number of ether oxygens (including phenoxy) is 1. The lowest BCUT2D eigenvalue weighted by molar-refractivity contribution is -0.119. The molecule has 1 fully saturated rings. The Labute approximate surface area is 149 Å². The van der Waals surface area contributed by atoms with Gasteiger partial charge in [-0.05, 0) is 37.0 Å². The molecule has 1 saturated heterocycles.